The highest BCUT2D eigenvalue weighted by Gasteiger charge is 2.00. The minimum atomic E-state index is 0.578. The number of para-hydroxylation sites is 1. The predicted octanol–water partition coefficient (Wildman–Crippen LogP) is 2.44. The molecule has 1 heterocycles. The number of nitrogens with zero attached hydrogens (tertiary/aromatic N) is 2. The average molecular weight is 217 g/mol. The van der Waals surface area contributed by atoms with E-state index >= 15 is 0 Å². The van der Waals surface area contributed by atoms with E-state index in [9.17, 15) is 0 Å². The summed E-state index contributed by atoms with van der Waals surface area (Å²) in [6.45, 7) is 1.98. The molecule has 0 saturated carbocycles. The van der Waals surface area contributed by atoms with Crippen molar-refractivity contribution in [3.8, 4) is 0 Å². The van der Waals surface area contributed by atoms with Crippen LogP contribution < -0.4 is 5.32 Å². The highest BCUT2D eigenvalue weighted by atomic mass is 32.1. The van der Waals surface area contributed by atoms with Gasteiger partial charge in [0, 0.05) is 11.9 Å². The van der Waals surface area contributed by atoms with Gasteiger partial charge in [0.1, 0.15) is 0 Å². The molecule has 1 N–H and O–H groups in total. The molecule has 1 aromatic heterocycles. The first kappa shape index (κ1) is 9.86. The monoisotopic (exact) mass is 217 g/mol. The van der Waals surface area contributed by atoms with Crippen molar-refractivity contribution in [2.75, 3.05) is 5.32 Å². The Morgan fingerprint density at radius 3 is 2.67 bits per heavy atom. The summed E-state index contributed by atoms with van der Waals surface area (Å²) < 4.78 is 1.65. The van der Waals surface area contributed by atoms with Crippen molar-refractivity contribution in [3.05, 3.63) is 48.3 Å². The third-order valence-corrected chi connectivity index (χ3v) is 2.23. The van der Waals surface area contributed by atoms with Gasteiger partial charge in [-0.15, -0.1) is 0 Å². The van der Waals surface area contributed by atoms with Crippen LogP contribution in [0.4, 0.5) is 5.69 Å². The van der Waals surface area contributed by atoms with Gasteiger partial charge in [-0.1, -0.05) is 18.2 Å². The summed E-state index contributed by atoms with van der Waals surface area (Å²) in [6, 6.07) is 9.80. The zero-order valence-electron chi connectivity index (χ0n) is 8.34. The Kier molecular flexibility index (Phi) is 2.78. The van der Waals surface area contributed by atoms with Crippen molar-refractivity contribution in [3.63, 3.8) is 0 Å². The van der Waals surface area contributed by atoms with Gasteiger partial charge in [-0.3, -0.25) is 0 Å². The van der Waals surface area contributed by atoms with Crippen molar-refractivity contribution in [1.82, 2.24) is 9.78 Å². The summed E-state index contributed by atoms with van der Waals surface area (Å²) in [7, 11) is 0. The van der Waals surface area contributed by atoms with Crippen LogP contribution in [-0.2, 0) is 0 Å². The topological polar surface area (TPSA) is 29.9 Å². The first-order valence-corrected chi connectivity index (χ1v) is 5.04. The van der Waals surface area contributed by atoms with E-state index in [-0.39, 0.29) is 0 Å². The van der Waals surface area contributed by atoms with Crippen LogP contribution in [-0.4, -0.2) is 14.9 Å². The van der Waals surface area contributed by atoms with E-state index in [1.54, 1.807) is 10.9 Å². The van der Waals surface area contributed by atoms with Gasteiger partial charge in [0.15, 0.2) is 5.11 Å². The van der Waals surface area contributed by atoms with Crippen molar-refractivity contribution < 1.29 is 0 Å². The molecule has 76 valence electrons. The molecule has 2 rings (SSSR count). The number of hydrogen-bond acceptors (Lipinski definition) is 2. The molecular weight excluding hydrogens is 206 g/mol. The third-order valence-electron chi connectivity index (χ3n) is 1.94. The fourth-order valence-corrected chi connectivity index (χ4v) is 1.44. The number of thiocarbonyl (C=S) groups is 1. The summed E-state index contributed by atoms with van der Waals surface area (Å²) in [5.74, 6) is 0. The van der Waals surface area contributed by atoms with Gasteiger partial charge in [-0.05, 0) is 36.8 Å². The van der Waals surface area contributed by atoms with Crippen LogP contribution in [0.5, 0.6) is 0 Å². The van der Waals surface area contributed by atoms with Crippen LogP contribution in [0, 0.1) is 6.92 Å². The normalized spacial score (nSPS) is 9.93. The van der Waals surface area contributed by atoms with Gasteiger partial charge in [0.2, 0.25) is 0 Å². The van der Waals surface area contributed by atoms with Gasteiger partial charge in [-0.2, -0.15) is 5.10 Å². The van der Waals surface area contributed by atoms with Gasteiger partial charge in [-0.25, -0.2) is 4.68 Å². The van der Waals surface area contributed by atoms with Crippen molar-refractivity contribution >= 4 is 23.0 Å². The molecule has 0 aliphatic heterocycles. The summed E-state index contributed by atoms with van der Waals surface area (Å²) in [5.41, 5.74) is 2.06. The van der Waals surface area contributed by atoms with E-state index in [0.717, 1.165) is 11.3 Å². The molecule has 2 aromatic rings. The summed E-state index contributed by atoms with van der Waals surface area (Å²) in [4.78, 5) is 0. The lowest BCUT2D eigenvalue weighted by atomic mass is 10.3. The van der Waals surface area contributed by atoms with E-state index < -0.39 is 0 Å². The van der Waals surface area contributed by atoms with Crippen LogP contribution in [0.2, 0.25) is 0 Å². The number of hydrogen-bond donors (Lipinski definition) is 1. The molecule has 0 saturated heterocycles. The molecule has 1 aromatic carbocycles. The standard InChI is InChI=1S/C11H11N3S/c1-9-7-12-14(8-9)11(15)13-10-5-3-2-4-6-10/h2-8H,1H3,(H,13,15). The third kappa shape index (κ3) is 2.41. The Hall–Kier alpha value is -1.68. The molecule has 0 unspecified atom stereocenters. The minimum absolute atomic E-state index is 0.578. The number of anilines is 1. The molecule has 0 atom stereocenters. The highest BCUT2D eigenvalue weighted by molar-refractivity contribution is 7.80. The van der Waals surface area contributed by atoms with Gasteiger partial charge < -0.3 is 5.32 Å². The molecule has 0 spiro atoms. The van der Waals surface area contributed by atoms with Gasteiger partial charge in [0.25, 0.3) is 0 Å². The van der Waals surface area contributed by atoms with E-state index in [2.05, 4.69) is 10.4 Å². The summed E-state index contributed by atoms with van der Waals surface area (Å²) in [6.07, 6.45) is 3.66. The minimum Gasteiger partial charge on any atom is -0.331 e. The van der Waals surface area contributed by atoms with Crippen LogP contribution in [0.25, 0.3) is 0 Å². The summed E-state index contributed by atoms with van der Waals surface area (Å²) >= 11 is 5.21. The smallest absolute Gasteiger partial charge is 0.198 e. The number of aryl methyl sites for hydroxylation is 1. The molecule has 4 heteroatoms. The van der Waals surface area contributed by atoms with Crippen LogP contribution in [0.1, 0.15) is 5.56 Å². The molecule has 0 bridgehead atoms. The maximum Gasteiger partial charge on any atom is 0.198 e. The maximum atomic E-state index is 5.21. The zero-order valence-corrected chi connectivity index (χ0v) is 9.16. The summed E-state index contributed by atoms with van der Waals surface area (Å²) in [5, 5.41) is 7.81. The Morgan fingerprint density at radius 1 is 1.33 bits per heavy atom. The van der Waals surface area contributed by atoms with Crippen LogP contribution in [0.3, 0.4) is 0 Å². The molecule has 3 nitrogen and oxygen atoms in total. The van der Waals surface area contributed by atoms with Crippen molar-refractivity contribution in [2.24, 2.45) is 0 Å². The first-order valence-electron chi connectivity index (χ1n) is 4.63. The largest absolute Gasteiger partial charge is 0.331 e. The quantitative estimate of drug-likeness (QED) is 0.744. The van der Waals surface area contributed by atoms with Crippen LogP contribution >= 0.6 is 12.2 Å². The van der Waals surface area contributed by atoms with Crippen molar-refractivity contribution in [2.45, 2.75) is 6.92 Å². The number of rotatable bonds is 1. The predicted molar refractivity (Wildman–Crippen MR) is 65.0 cm³/mol. The fourth-order valence-electron chi connectivity index (χ4n) is 1.23. The Bertz CT molecular complexity index is 462. The van der Waals surface area contributed by atoms with E-state index in [0.29, 0.717) is 5.11 Å². The zero-order chi connectivity index (χ0) is 10.7. The van der Waals surface area contributed by atoms with E-state index in [1.807, 2.05) is 43.5 Å². The van der Waals surface area contributed by atoms with Crippen LogP contribution in [0.15, 0.2) is 42.7 Å². The highest BCUT2D eigenvalue weighted by Crippen LogP contribution is 2.06. The average Bonchev–Trinajstić information content (AvgIpc) is 2.66. The van der Waals surface area contributed by atoms with Gasteiger partial charge >= 0.3 is 0 Å². The second-order valence-electron chi connectivity index (χ2n) is 3.26. The van der Waals surface area contributed by atoms with E-state index in [4.69, 9.17) is 12.2 Å². The molecule has 0 aliphatic rings. The van der Waals surface area contributed by atoms with E-state index in [1.165, 1.54) is 0 Å². The molecule has 0 aliphatic carbocycles. The molecule has 0 radical (unpaired) electrons. The number of nitrogens with one attached hydrogen (secondary N) is 1. The SMILES string of the molecule is Cc1cnn(C(=S)Nc2ccccc2)c1. The molecule has 0 fully saturated rings. The maximum absolute atomic E-state index is 5.21. The number of benzene rings is 1. The second kappa shape index (κ2) is 4.23. The van der Waals surface area contributed by atoms with Crippen molar-refractivity contribution in [1.29, 1.82) is 0 Å². The first-order chi connectivity index (χ1) is 7.25. The molecule has 0 amide bonds. The Morgan fingerprint density at radius 2 is 2.07 bits per heavy atom. The lowest BCUT2D eigenvalue weighted by Crippen LogP contribution is -2.19. The Balaban J connectivity index is 2.11. The fraction of sp³-hybridized carbons (Fsp3) is 0.0909. The van der Waals surface area contributed by atoms with Gasteiger partial charge in [0.05, 0.1) is 6.20 Å². The number of aromatic nitrogens is 2. The lowest BCUT2D eigenvalue weighted by molar-refractivity contribution is 0.947. The lowest BCUT2D eigenvalue weighted by Gasteiger charge is -2.06. The molecule has 15 heavy (non-hydrogen) atoms. The molecular formula is C11H11N3S. The second-order valence-corrected chi connectivity index (χ2v) is 3.65. The Labute approximate surface area is 93.7 Å².